The molecule has 2 amide bonds. The van der Waals surface area contributed by atoms with Gasteiger partial charge in [0.1, 0.15) is 5.01 Å². The number of nitrogens with one attached hydrogen (secondary N) is 2. The number of carbonyl (C=O) groups excluding carboxylic acids is 1. The number of thiazole rings is 1. The van der Waals surface area contributed by atoms with E-state index in [-0.39, 0.29) is 6.03 Å². The van der Waals surface area contributed by atoms with Gasteiger partial charge in [-0.05, 0) is 29.8 Å². The zero-order valence-electron chi connectivity index (χ0n) is 15.4. The average Bonchev–Trinajstić information content (AvgIpc) is 3.24. The second kappa shape index (κ2) is 8.90. The van der Waals surface area contributed by atoms with Crippen LogP contribution >= 0.6 is 22.9 Å². The Bertz CT molecular complexity index is 1130. The van der Waals surface area contributed by atoms with E-state index in [2.05, 4.69) is 28.1 Å². The van der Waals surface area contributed by atoms with Crippen molar-refractivity contribution < 1.29 is 4.79 Å². The second-order valence-corrected chi connectivity index (χ2v) is 7.72. The van der Waals surface area contributed by atoms with Gasteiger partial charge in [0.15, 0.2) is 0 Å². The highest BCUT2D eigenvalue weighted by Gasteiger charge is 2.08. The monoisotopic (exact) mass is 419 g/mol. The molecule has 29 heavy (non-hydrogen) atoms. The second-order valence-electron chi connectivity index (χ2n) is 6.42. The van der Waals surface area contributed by atoms with Gasteiger partial charge in [-0.2, -0.15) is 0 Å². The third-order valence-corrected chi connectivity index (χ3v) is 5.41. The zero-order chi connectivity index (χ0) is 20.1. The molecule has 0 saturated heterocycles. The van der Waals surface area contributed by atoms with Crippen LogP contribution in [-0.4, -0.2) is 11.0 Å². The van der Waals surface area contributed by atoms with Crippen molar-refractivity contribution in [3.05, 3.63) is 94.8 Å². The summed E-state index contributed by atoms with van der Waals surface area (Å²) in [5.41, 5.74) is 4.76. The summed E-state index contributed by atoms with van der Waals surface area (Å²) in [6.45, 7) is 0.414. The summed E-state index contributed by atoms with van der Waals surface area (Å²) in [6, 6.07) is 24.9. The summed E-state index contributed by atoms with van der Waals surface area (Å²) in [4.78, 5) is 16.9. The molecule has 2 N–H and O–H groups in total. The SMILES string of the molecule is O=C(NCc1cccc(-c2nc(-c3ccccc3)cs2)c1)Nc1cccc(Cl)c1. The Morgan fingerprint density at radius 1 is 0.931 bits per heavy atom. The molecular weight excluding hydrogens is 402 g/mol. The molecule has 0 fully saturated rings. The predicted octanol–water partition coefficient (Wildman–Crippen LogP) is 6.45. The molecule has 0 atom stereocenters. The molecule has 6 heteroatoms. The number of benzene rings is 3. The minimum absolute atomic E-state index is 0.279. The van der Waals surface area contributed by atoms with Crippen LogP contribution in [0.5, 0.6) is 0 Å². The van der Waals surface area contributed by atoms with Crippen LogP contribution in [0.2, 0.25) is 5.02 Å². The molecule has 0 aliphatic carbocycles. The lowest BCUT2D eigenvalue weighted by Crippen LogP contribution is -2.28. The first kappa shape index (κ1) is 19.2. The largest absolute Gasteiger partial charge is 0.334 e. The maximum absolute atomic E-state index is 12.1. The minimum atomic E-state index is -0.279. The van der Waals surface area contributed by atoms with E-state index >= 15 is 0 Å². The van der Waals surface area contributed by atoms with Crippen molar-refractivity contribution in [3.63, 3.8) is 0 Å². The summed E-state index contributed by atoms with van der Waals surface area (Å²) in [5.74, 6) is 0. The van der Waals surface area contributed by atoms with Gasteiger partial charge in [0, 0.05) is 33.8 Å². The minimum Gasteiger partial charge on any atom is -0.334 e. The Labute approximate surface area is 178 Å². The molecule has 0 aliphatic rings. The molecule has 0 radical (unpaired) electrons. The van der Waals surface area contributed by atoms with Crippen LogP contribution in [0.4, 0.5) is 10.5 Å². The summed E-state index contributed by atoms with van der Waals surface area (Å²) in [5, 5.41) is 9.24. The van der Waals surface area contributed by atoms with Crippen molar-refractivity contribution >= 4 is 34.7 Å². The van der Waals surface area contributed by atoms with Crippen molar-refractivity contribution in [3.8, 4) is 21.8 Å². The maximum atomic E-state index is 12.1. The number of aromatic nitrogens is 1. The molecule has 4 rings (SSSR count). The Morgan fingerprint density at radius 3 is 2.55 bits per heavy atom. The first-order chi connectivity index (χ1) is 14.2. The summed E-state index contributed by atoms with van der Waals surface area (Å²) in [6.07, 6.45) is 0. The Balaban J connectivity index is 1.41. The molecule has 0 saturated carbocycles. The summed E-state index contributed by atoms with van der Waals surface area (Å²) < 4.78 is 0. The lowest BCUT2D eigenvalue weighted by molar-refractivity contribution is 0.251. The molecular formula is C23H18ClN3OS. The number of rotatable bonds is 5. The number of carbonyl (C=O) groups is 1. The highest BCUT2D eigenvalue weighted by Crippen LogP contribution is 2.29. The maximum Gasteiger partial charge on any atom is 0.319 e. The number of nitrogens with zero attached hydrogens (tertiary/aromatic N) is 1. The van der Waals surface area contributed by atoms with Crippen molar-refractivity contribution in [2.45, 2.75) is 6.54 Å². The standard InChI is InChI=1S/C23H18ClN3OS/c24-19-10-5-11-20(13-19)26-23(28)25-14-16-6-4-9-18(12-16)22-27-21(15-29-22)17-7-2-1-3-8-17/h1-13,15H,14H2,(H2,25,26,28). The normalized spacial score (nSPS) is 10.5. The first-order valence-electron chi connectivity index (χ1n) is 9.08. The van der Waals surface area contributed by atoms with Crippen LogP contribution < -0.4 is 10.6 Å². The zero-order valence-corrected chi connectivity index (χ0v) is 17.0. The third-order valence-electron chi connectivity index (χ3n) is 4.28. The number of urea groups is 1. The van der Waals surface area contributed by atoms with Crippen LogP contribution in [0.25, 0.3) is 21.8 Å². The third kappa shape index (κ3) is 5.02. The topological polar surface area (TPSA) is 54.0 Å². The highest BCUT2D eigenvalue weighted by atomic mass is 35.5. The van der Waals surface area contributed by atoms with E-state index < -0.39 is 0 Å². The molecule has 0 bridgehead atoms. The van der Waals surface area contributed by atoms with Gasteiger partial charge in [-0.1, -0.05) is 66.2 Å². The van der Waals surface area contributed by atoms with Gasteiger partial charge in [-0.15, -0.1) is 11.3 Å². The predicted molar refractivity (Wildman–Crippen MR) is 120 cm³/mol. The lowest BCUT2D eigenvalue weighted by Gasteiger charge is -2.08. The molecule has 0 unspecified atom stereocenters. The van der Waals surface area contributed by atoms with E-state index in [9.17, 15) is 4.79 Å². The molecule has 1 aromatic heterocycles. The Hall–Kier alpha value is -3.15. The fraction of sp³-hybridized carbons (Fsp3) is 0.0435. The quantitative estimate of drug-likeness (QED) is 0.390. The fourth-order valence-corrected chi connectivity index (χ4v) is 3.90. The molecule has 3 aromatic carbocycles. The fourth-order valence-electron chi connectivity index (χ4n) is 2.89. The number of hydrogen-bond acceptors (Lipinski definition) is 3. The van der Waals surface area contributed by atoms with E-state index in [0.29, 0.717) is 17.3 Å². The van der Waals surface area contributed by atoms with Crippen molar-refractivity contribution in [2.24, 2.45) is 0 Å². The molecule has 0 aliphatic heterocycles. The smallest absolute Gasteiger partial charge is 0.319 e. The highest BCUT2D eigenvalue weighted by molar-refractivity contribution is 7.13. The van der Waals surface area contributed by atoms with Crippen LogP contribution in [0.1, 0.15) is 5.56 Å². The van der Waals surface area contributed by atoms with Gasteiger partial charge in [0.2, 0.25) is 0 Å². The van der Waals surface area contributed by atoms with Crippen molar-refractivity contribution in [1.82, 2.24) is 10.3 Å². The lowest BCUT2D eigenvalue weighted by atomic mass is 10.1. The van der Waals surface area contributed by atoms with Crippen LogP contribution in [0, 0.1) is 0 Å². The number of hydrogen-bond donors (Lipinski definition) is 2. The summed E-state index contributed by atoms with van der Waals surface area (Å²) >= 11 is 7.55. The molecule has 1 heterocycles. The van der Waals surface area contributed by atoms with E-state index in [0.717, 1.165) is 27.4 Å². The van der Waals surface area contributed by atoms with Gasteiger partial charge >= 0.3 is 6.03 Å². The average molecular weight is 420 g/mol. The summed E-state index contributed by atoms with van der Waals surface area (Å²) in [7, 11) is 0. The van der Waals surface area contributed by atoms with Gasteiger partial charge in [-0.25, -0.2) is 9.78 Å². The van der Waals surface area contributed by atoms with Crippen molar-refractivity contribution in [2.75, 3.05) is 5.32 Å². The van der Waals surface area contributed by atoms with E-state index in [4.69, 9.17) is 16.6 Å². The van der Waals surface area contributed by atoms with Crippen LogP contribution in [-0.2, 0) is 6.54 Å². The number of anilines is 1. The van der Waals surface area contributed by atoms with E-state index in [1.165, 1.54) is 0 Å². The molecule has 0 spiro atoms. The molecule has 4 nitrogen and oxygen atoms in total. The Kier molecular flexibility index (Phi) is 5.89. The molecule has 144 valence electrons. The first-order valence-corrected chi connectivity index (χ1v) is 10.3. The van der Waals surface area contributed by atoms with E-state index in [1.807, 2.05) is 42.5 Å². The van der Waals surface area contributed by atoms with Gasteiger partial charge < -0.3 is 10.6 Å². The van der Waals surface area contributed by atoms with Gasteiger partial charge in [0.05, 0.1) is 5.69 Å². The number of halogens is 1. The van der Waals surface area contributed by atoms with Crippen LogP contribution in [0.3, 0.4) is 0 Å². The van der Waals surface area contributed by atoms with Gasteiger partial charge in [0.25, 0.3) is 0 Å². The molecule has 4 aromatic rings. The van der Waals surface area contributed by atoms with E-state index in [1.54, 1.807) is 35.6 Å². The van der Waals surface area contributed by atoms with Crippen molar-refractivity contribution in [1.29, 1.82) is 0 Å². The van der Waals surface area contributed by atoms with Gasteiger partial charge in [-0.3, -0.25) is 0 Å². The van der Waals surface area contributed by atoms with Crippen LogP contribution in [0.15, 0.2) is 84.2 Å². The number of amides is 2. The Morgan fingerprint density at radius 2 is 1.72 bits per heavy atom.